The van der Waals surface area contributed by atoms with E-state index in [0.717, 1.165) is 35.5 Å². The zero-order valence-electron chi connectivity index (χ0n) is 16.1. The topological polar surface area (TPSA) is 49.8 Å². The third kappa shape index (κ3) is 4.69. The third-order valence-corrected chi connectivity index (χ3v) is 5.10. The summed E-state index contributed by atoms with van der Waals surface area (Å²) in [5.74, 6) is -0.842. The summed E-state index contributed by atoms with van der Waals surface area (Å²) < 4.78 is 6.32. The van der Waals surface area contributed by atoms with Gasteiger partial charge in [-0.15, -0.1) is 0 Å². The van der Waals surface area contributed by atoms with Crippen LogP contribution in [0.2, 0.25) is 0 Å². The van der Waals surface area contributed by atoms with Gasteiger partial charge in [0.25, 0.3) is 0 Å². The molecule has 0 aromatic heterocycles. The predicted octanol–water partition coefficient (Wildman–Crippen LogP) is 5.69. The molecule has 2 aromatic rings. The molecule has 1 N–H and O–H groups in total. The van der Waals surface area contributed by atoms with Crippen molar-refractivity contribution in [3.8, 4) is 0 Å². The molecule has 4 nitrogen and oxygen atoms in total. The highest BCUT2D eigenvalue weighted by molar-refractivity contribution is 5.83. The van der Waals surface area contributed by atoms with Crippen LogP contribution in [0.4, 0.5) is 11.4 Å². The number of nitrogens with zero attached hydrogens (tertiary/aromatic N) is 1. The number of rotatable bonds is 10. The first-order chi connectivity index (χ1) is 13.2. The van der Waals surface area contributed by atoms with Crippen molar-refractivity contribution in [2.45, 2.75) is 51.6 Å². The molecule has 4 heteroatoms. The average molecular weight is 367 g/mol. The second kappa shape index (κ2) is 9.56. The number of carboxylic acids is 1. The quantitative estimate of drug-likeness (QED) is 0.548. The van der Waals surface area contributed by atoms with Crippen molar-refractivity contribution < 1.29 is 14.6 Å². The molecule has 0 spiro atoms. The maximum Gasteiger partial charge on any atom is 0.323 e. The molecule has 27 heavy (non-hydrogen) atoms. The minimum absolute atomic E-state index is 0.0574. The number of para-hydroxylation sites is 2. The summed E-state index contributed by atoms with van der Waals surface area (Å²) in [5, 5.41) is 9.37. The number of aliphatic carboxylic acids is 1. The number of fused-ring (bicyclic) bond motifs is 2. The van der Waals surface area contributed by atoms with Gasteiger partial charge in [-0.1, -0.05) is 75.4 Å². The van der Waals surface area contributed by atoms with Crippen LogP contribution in [0, 0.1) is 0 Å². The number of ether oxygens (including phenoxy) is 1. The van der Waals surface area contributed by atoms with Gasteiger partial charge in [0.05, 0.1) is 0 Å². The first kappa shape index (κ1) is 19.4. The van der Waals surface area contributed by atoms with Crippen LogP contribution < -0.4 is 4.90 Å². The smallest absolute Gasteiger partial charge is 0.323 e. The SMILES string of the molecule is CCCCCCCCOC1c2ccccc2N(CC(=O)O)c2ccccc21. The maximum absolute atomic E-state index is 11.4. The number of anilines is 2. The molecule has 1 aliphatic heterocycles. The summed E-state index contributed by atoms with van der Waals surface area (Å²) >= 11 is 0. The summed E-state index contributed by atoms with van der Waals surface area (Å²) in [7, 11) is 0. The van der Waals surface area contributed by atoms with Gasteiger partial charge in [0, 0.05) is 29.1 Å². The Morgan fingerprint density at radius 1 is 0.926 bits per heavy atom. The first-order valence-electron chi connectivity index (χ1n) is 10.0. The Kier molecular flexibility index (Phi) is 6.88. The fourth-order valence-electron chi connectivity index (χ4n) is 3.78. The van der Waals surface area contributed by atoms with E-state index in [1.165, 1.54) is 32.1 Å². The third-order valence-electron chi connectivity index (χ3n) is 5.10. The number of benzene rings is 2. The highest BCUT2D eigenvalue weighted by Crippen LogP contribution is 2.45. The fraction of sp³-hybridized carbons (Fsp3) is 0.435. The first-order valence-corrected chi connectivity index (χ1v) is 10.0. The van der Waals surface area contributed by atoms with Crippen LogP contribution in [0.1, 0.15) is 62.7 Å². The van der Waals surface area contributed by atoms with Crippen molar-refractivity contribution in [1.29, 1.82) is 0 Å². The van der Waals surface area contributed by atoms with Crippen molar-refractivity contribution in [2.75, 3.05) is 18.1 Å². The van der Waals surface area contributed by atoms with E-state index >= 15 is 0 Å². The van der Waals surface area contributed by atoms with E-state index < -0.39 is 5.97 Å². The van der Waals surface area contributed by atoms with Crippen molar-refractivity contribution in [3.05, 3.63) is 59.7 Å². The molecule has 3 rings (SSSR count). The van der Waals surface area contributed by atoms with Crippen LogP contribution in [-0.4, -0.2) is 24.2 Å². The van der Waals surface area contributed by atoms with Gasteiger partial charge >= 0.3 is 5.97 Å². The van der Waals surface area contributed by atoms with Gasteiger partial charge in [-0.25, -0.2) is 0 Å². The van der Waals surface area contributed by atoms with E-state index in [1.807, 2.05) is 53.4 Å². The van der Waals surface area contributed by atoms with Crippen LogP contribution in [0.15, 0.2) is 48.5 Å². The van der Waals surface area contributed by atoms with E-state index in [0.29, 0.717) is 0 Å². The number of carbonyl (C=O) groups is 1. The maximum atomic E-state index is 11.4. The molecule has 0 atom stereocenters. The van der Waals surface area contributed by atoms with E-state index in [4.69, 9.17) is 4.74 Å². The van der Waals surface area contributed by atoms with Gasteiger partial charge in [-0.3, -0.25) is 4.79 Å². The molecule has 1 aliphatic rings. The van der Waals surface area contributed by atoms with Crippen molar-refractivity contribution in [1.82, 2.24) is 0 Å². The van der Waals surface area contributed by atoms with Crippen LogP contribution in [-0.2, 0) is 9.53 Å². The number of carboxylic acid groups (broad SMARTS) is 1. The fourth-order valence-corrected chi connectivity index (χ4v) is 3.78. The Balaban J connectivity index is 1.76. The highest BCUT2D eigenvalue weighted by Gasteiger charge is 2.31. The monoisotopic (exact) mass is 367 g/mol. The second-order valence-corrected chi connectivity index (χ2v) is 7.12. The zero-order valence-corrected chi connectivity index (χ0v) is 16.1. The highest BCUT2D eigenvalue weighted by atomic mass is 16.5. The largest absolute Gasteiger partial charge is 0.480 e. The Morgan fingerprint density at radius 3 is 2.07 bits per heavy atom. The summed E-state index contributed by atoms with van der Waals surface area (Å²) in [6, 6.07) is 15.9. The predicted molar refractivity (Wildman–Crippen MR) is 109 cm³/mol. The van der Waals surface area contributed by atoms with Crippen molar-refractivity contribution in [2.24, 2.45) is 0 Å². The Hall–Kier alpha value is -2.33. The standard InChI is InChI=1S/C23H29NO3/c1-2-3-4-5-6-11-16-27-23-18-12-7-9-14-20(18)24(17-22(25)26)21-15-10-8-13-19(21)23/h7-10,12-15,23H,2-6,11,16-17H2,1H3,(H,25,26). The summed E-state index contributed by atoms with van der Waals surface area (Å²) in [6.45, 7) is 2.89. The van der Waals surface area contributed by atoms with Crippen LogP contribution >= 0.6 is 0 Å². The van der Waals surface area contributed by atoms with E-state index in [2.05, 4.69) is 6.92 Å². The van der Waals surface area contributed by atoms with E-state index in [-0.39, 0.29) is 12.6 Å². The molecular weight excluding hydrogens is 338 g/mol. The number of hydrogen-bond acceptors (Lipinski definition) is 3. The van der Waals surface area contributed by atoms with Gasteiger partial charge in [0.2, 0.25) is 0 Å². The van der Waals surface area contributed by atoms with Crippen LogP contribution in [0.3, 0.4) is 0 Å². The molecule has 0 radical (unpaired) electrons. The second-order valence-electron chi connectivity index (χ2n) is 7.12. The molecule has 0 amide bonds. The van der Waals surface area contributed by atoms with Gasteiger partial charge in [-0.2, -0.15) is 0 Å². The van der Waals surface area contributed by atoms with Gasteiger partial charge in [0.1, 0.15) is 12.6 Å². The zero-order chi connectivity index (χ0) is 19.1. The van der Waals surface area contributed by atoms with E-state index in [1.54, 1.807) is 0 Å². The minimum atomic E-state index is -0.842. The molecule has 0 saturated heterocycles. The van der Waals surface area contributed by atoms with Gasteiger partial charge in [0.15, 0.2) is 0 Å². The van der Waals surface area contributed by atoms with Crippen molar-refractivity contribution >= 4 is 17.3 Å². The summed E-state index contributed by atoms with van der Waals surface area (Å²) in [5.41, 5.74) is 3.94. The molecule has 0 unspecified atom stereocenters. The van der Waals surface area contributed by atoms with Gasteiger partial charge in [-0.05, 0) is 18.6 Å². The molecule has 144 valence electrons. The number of hydrogen-bond donors (Lipinski definition) is 1. The van der Waals surface area contributed by atoms with Gasteiger partial charge < -0.3 is 14.7 Å². The van der Waals surface area contributed by atoms with E-state index in [9.17, 15) is 9.90 Å². The Bertz CT molecular complexity index is 711. The molecule has 0 aliphatic carbocycles. The lowest BCUT2D eigenvalue weighted by atomic mass is 9.92. The summed E-state index contributed by atoms with van der Waals surface area (Å²) in [4.78, 5) is 13.3. The van der Waals surface area contributed by atoms with Crippen LogP contribution in [0.25, 0.3) is 0 Å². The van der Waals surface area contributed by atoms with Crippen molar-refractivity contribution in [3.63, 3.8) is 0 Å². The lowest BCUT2D eigenvalue weighted by Crippen LogP contribution is -2.31. The molecule has 2 aromatic carbocycles. The summed E-state index contributed by atoms with van der Waals surface area (Å²) in [6.07, 6.45) is 7.25. The molecule has 0 bridgehead atoms. The average Bonchev–Trinajstić information content (AvgIpc) is 2.68. The minimum Gasteiger partial charge on any atom is -0.480 e. The lowest BCUT2D eigenvalue weighted by molar-refractivity contribution is -0.135. The molecule has 0 fully saturated rings. The molecule has 1 heterocycles. The van der Waals surface area contributed by atoms with Crippen LogP contribution in [0.5, 0.6) is 0 Å². The Labute approximate surface area is 161 Å². The molecular formula is C23H29NO3. The number of unbranched alkanes of at least 4 members (excludes halogenated alkanes) is 5. The lowest BCUT2D eigenvalue weighted by Gasteiger charge is -2.36. The molecule has 0 saturated carbocycles. The Morgan fingerprint density at radius 2 is 1.48 bits per heavy atom. The normalized spacial score (nSPS) is 13.3.